The summed E-state index contributed by atoms with van der Waals surface area (Å²) in [5, 5.41) is 15.9. The molecule has 0 fully saturated rings. The second-order valence-corrected chi connectivity index (χ2v) is 14.3. The van der Waals surface area contributed by atoms with Crippen LogP contribution in [0.15, 0.2) is 131 Å². The number of benzene rings is 5. The molecular formula is C48H42BN3O. The van der Waals surface area contributed by atoms with Crippen LogP contribution >= 0.6 is 0 Å². The number of hydrogen-bond donors (Lipinski definition) is 2. The zero-order valence-electron chi connectivity index (χ0n) is 30.6. The average Bonchev–Trinajstić information content (AvgIpc) is 3.61. The number of phenols is 1. The fourth-order valence-electron chi connectivity index (χ4n) is 8.16. The first-order valence-corrected chi connectivity index (χ1v) is 18.5. The number of amidine groups is 1. The van der Waals surface area contributed by atoms with Crippen LogP contribution in [0.3, 0.4) is 0 Å². The molecule has 2 radical (unpaired) electrons. The number of hydrogen-bond acceptors (Lipinski definition) is 3. The first-order valence-electron chi connectivity index (χ1n) is 18.5. The van der Waals surface area contributed by atoms with E-state index >= 15 is 0 Å². The van der Waals surface area contributed by atoms with Gasteiger partial charge in [-0.15, -0.1) is 0 Å². The van der Waals surface area contributed by atoms with Crippen molar-refractivity contribution in [3.63, 3.8) is 0 Å². The molecule has 5 aromatic carbocycles. The van der Waals surface area contributed by atoms with Gasteiger partial charge in [0.2, 0.25) is 0 Å². The molecule has 0 aliphatic heterocycles. The summed E-state index contributed by atoms with van der Waals surface area (Å²) in [6.45, 7) is 6.24. The number of fused-ring (bicyclic) bond motifs is 3. The molecule has 258 valence electrons. The lowest BCUT2D eigenvalue weighted by Crippen LogP contribution is -2.15. The van der Waals surface area contributed by atoms with Gasteiger partial charge < -0.3 is 10.9 Å². The van der Waals surface area contributed by atoms with Crippen molar-refractivity contribution in [2.24, 2.45) is 15.9 Å². The molecule has 0 unspecified atom stereocenters. The Morgan fingerprint density at radius 2 is 1.26 bits per heavy atom. The van der Waals surface area contributed by atoms with Crippen LogP contribution in [0.1, 0.15) is 81.3 Å². The molecule has 8 rings (SSSR count). The van der Waals surface area contributed by atoms with Gasteiger partial charge in [0.1, 0.15) is 13.6 Å². The fraction of sp³-hybridized carbons (Fsp3) is 0.167. The summed E-state index contributed by atoms with van der Waals surface area (Å²) < 4.78 is 0. The van der Waals surface area contributed by atoms with E-state index in [4.69, 9.17) is 18.7 Å². The summed E-state index contributed by atoms with van der Waals surface area (Å²) in [5.74, 6) is 6.90. The van der Waals surface area contributed by atoms with Crippen LogP contribution in [0, 0.1) is 20.8 Å². The van der Waals surface area contributed by atoms with Crippen molar-refractivity contribution >= 4 is 36.0 Å². The second-order valence-electron chi connectivity index (χ2n) is 14.3. The lowest BCUT2D eigenvalue weighted by atomic mass is 9.77. The maximum Gasteiger partial charge on any atom is 0.179 e. The van der Waals surface area contributed by atoms with Crippen molar-refractivity contribution in [1.29, 1.82) is 0 Å². The molecule has 0 amide bonds. The van der Waals surface area contributed by atoms with Gasteiger partial charge in [-0.1, -0.05) is 121 Å². The van der Waals surface area contributed by atoms with Gasteiger partial charge in [-0.3, -0.25) is 0 Å². The van der Waals surface area contributed by atoms with Gasteiger partial charge >= 0.3 is 0 Å². The van der Waals surface area contributed by atoms with Gasteiger partial charge in [-0.25, -0.2) is 4.99 Å². The monoisotopic (exact) mass is 687 g/mol. The fourth-order valence-corrected chi connectivity index (χ4v) is 8.16. The molecule has 53 heavy (non-hydrogen) atoms. The molecule has 3 N–H and O–H groups in total. The highest BCUT2D eigenvalue weighted by atomic mass is 16.3. The molecule has 4 nitrogen and oxygen atoms in total. The zero-order valence-corrected chi connectivity index (χ0v) is 30.6. The summed E-state index contributed by atoms with van der Waals surface area (Å²) >= 11 is 0. The average molecular weight is 688 g/mol. The Morgan fingerprint density at radius 1 is 0.679 bits per heavy atom. The number of allylic oxidation sites excluding steroid dienone is 8. The van der Waals surface area contributed by atoms with Crippen LogP contribution in [-0.4, -0.2) is 24.5 Å². The minimum atomic E-state index is 0.236. The molecule has 0 heterocycles. The first-order chi connectivity index (χ1) is 25.8. The van der Waals surface area contributed by atoms with E-state index in [1.54, 1.807) is 0 Å². The highest BCUT2D eigenvalue weighted by Crippen LogP contribution is 2.46. The standard InChI is InChI=1S/C48H42BN3O/c1-29-30(2)42-39(27-40-31(3)47(53)43(45(49)44(40)42)36-23-19-34(20-24-36)32-13-7-4-8-14-32)28-41(29)48(52-50)51-46(37-17-11-6-12-18-37)38-25-21-35(22-26-38)33-15-9-5-10-16-33/h4-7,9,11-13,15,17-26,28,53H,8,10,14,16,27,50H2,1-3H3/b51-46?,52-48-. The summed E-state index contributed by atoms with van der Waals surface area (Å²) in [5.41, 5.74) is 18.2. The Labute approximate surface area is 313 Å². The van der Waals surface area contributed by atoms with Gasteiger partial charge in [0.15, 0.2) is 5.84 Å². The number of aromatic hydroxyl groups is 1. The molecule has 3 aliphatic carbocycles. The molecule has 3 aliphatic rings. The highest BCUT2D eigenvalue weighted by Gasteiger charge is 2.30. The van der Waals surface area contributed by atoms with Gasteiger partial charge in [0.25, 0.3) is 0 Å². The Balaban J connectivity index is 1.20. The van der Waals surface area contributed by atoms with Gasteiger partial charge in [-0.05, 0) is 126 Å². The summed E-state index contributed by atoms with van der Waals surface area (Å²) in [7, 11) is 7.08. The van der Waals surface area contributed by atoms with E-state index in [0.717, 1.165) is 92.6 Å². The third-order valence-electron chi connectivity index (χ3n) is 11.2. The molecule has 5 aromatic rings. The molecular weight excluding hydrogens is 645 g/mol. The largest absolute Gasteiger partial charge is 0.507 e. The number of hydrazone groups is 1. The van der Waals surface area contributed by atoms with E-state index in [1.807, 2.05) is 25.1 Å². The maximum atomic E-state index is 11.6. The topological polar surface area (TPSA) is 71.0 Å². The van der Waals surface area contributed by atoms with E-state index in [2.05, 4.69) is 122 Å². The van der Waals surface area contributed by atoms with Crippen LogP contribution in [-0.2, 0) is 6.42 Å². The van der Waals surface area contributed by atoms with Gasteiger partial charge in [0, 0.05) is 22.3 Å². The Kier molecular flexibility index (Phi) is 9.18. The molecule has 0 atom stereocenters. The van der Waals surface area contributed by atoms with E-state index in [1.165, 1.54) is 22.3 Å². The van der Waals surface area contributed by atoms with E-state index < -0.39 is 0 Å². The van der Waals surface area contributed by atoms with Crippen molar-refractivity contribution in [1.82, 2.24) is 0 Å². The van der Waals surface area contributed by atoms with Crippen molar-refractivity contribution in [2.75, 3.05) is 0 Å². The van der Waals surface area contributed by atoms with Crippen LogP contribution in [0.5, 0.6) is 5.75 Å². The van der Waals surface area contributed by atoms with Crippen molar-refractivity contribution in [3.05, 3.63) is 177 Å². The summed E-state index contributed by atoms with van der Waals surface area (Å²) in [6, 6.07) is 29.4. The van der Waals surface area contributed by atoms with Crippen molar-refractivity contribution in [3.8, 4) is 28.0 Å². The zero-order chi connectivity index (χ0) is 36.6. The molecule has 0 aromatic heterocycles. The van der Waals surface area contributed by atoms with Crippen LogP contribution in [0.2, 0.25) is 0 Å². The third-order valence-corrected chi connectivity index (χ3v) is 11.2. The molecule has 0 saturated heterocycles. The Bertz CT molecular complexity index is 2440. The van der Waals surface area contributed by atoms with E-state index in [9.17, 15) is 5.11 Å². The van der Waals surface area contributed by atoms with Crippen LogP contribution in [0.25, 0.3) is 33.4 Å². The lowest BCUT2D eigenvalue weighted by molar-refractivity contribution is 0.473. The molecule has 0 saturated carbocycles. The van der Waals surface area contributed by atoms with Crippen molar-refractivity contribution < 1.29 is 5.11 Å². The summed E-state index contributed by atoms with van der Waals surface area (Å²) in [6.07, 6.45) is 17.9. The van der Waals surface area contributed by atoms with E-state index in [-0.39, 0.29) is 5.75 Å². The first kappa shape index (κ1) is 34.2. The minimum absolute atomic E-state index is 0.236. The number of rotatable bonds is 6. The minimum Gasteiger partial charge on any atom is -0.507 e. The number of nitrogens with zero attached hydrogens (tertiary/aromatic N) is 2. The van der Waals surface area contributed by atoms with Gasteiger partial charge in [0.05, 0.1) is 5.71 Å². The highest BCUT2D eigenvalue weighted by molar-refractivity contribution is 6.41. The normalized spacial score (nSPS) is 15.2. The predicted octanol–water partition coefficient (Wildman–Crippen LogP) is 9.97. The smallest absolute Gasteiger partial charge is 0.179 e. The van der Waals surface area contributed by atoms with Gasteiger partial charge in [-0.2, -0.15) is 5.10 Å². The molecule has 0 bridgehead atoms. The summed E-state index contributed by atoms with van der Waals surface area (Å²) in [4.78, 5) is 5.21. The number of phenolic OH excluding ortho intramolecular Hbond substituents is 1. The van der Waals surface area contributed by atoms with E-state index in [0.29, 0.717) is 23.3 Å². The van der Waals surface area contributed by atoms with Crippen LogP contribution < -0.4 is 11.3 Å². The quantitative estimate of drug-likeness (QED) is 0.0602. The molecule has 0 spiro atoms. The SMILES string of the molecule is [B]c1c(-c2ccc(C3=CC=CCC3)cc2)c(O)c(C)c2c1-c1c(cc(/C(N=C(c3ccccc3)c3ccc(C4=CC=CCC4)cc3)=N/N)c(C)c1C)C2. The predicted molar refractivity (Wildman–Crippen MR) is 223 cm³/mol. The van der Waals surface area contributed by atoms with Crippen LogP contribution in [0.4, 0.5) is 0 Å². The third kappa shape index (κ3) is 6.20. The lowest BCUT2D eigenvalue weighted by Gasteiger charge is -2.20. The molecule has 5 heteroatoms. The second kappa shape index (κ2) is 14.2. The Hall–Kier alpha value is -5.94. The van der Waals surface area contributed by atoms with Crippen molar-refractivity contribution in [2.45, 2.75) is 52.9 Å². The Morgan fingerprint density at radius 3 is 1.85 bits per heavy atom. The number of aliphatic imine (C=N–C) groups is 1. The maximum absolute atomic E-state index is 11.6. The number of nitrogens with two attached hydrogens (primary N) is 1.